The molecule has 3 aliphatic heterocycles. The number of amides is 1. The van der Waals surface area contributed by atoms with Crippen molar-refractivity contribution in [3.8, 4) is 11.4 Å². The number of sulfonamides is 1. The number of hydrogen-bond acceptors (Lipinski definition) is 6. The standard InChI is InChI=1S/C21H22N6O3S/c28-21(16-8-9-19-25-31(29,30)12-11-26(19)14-16)22-17-6-4-5-15(13-17)20-24-23-18-7-2-1-3-10-27(18)20/h4-6,8-9,13-14H,1-3,7,10-12H2,(H,22,28). The highest BCUT2D eigenvalue weighted by Crippen LogP contribution is 2.25. The molecule has 0 saturated heterocycles. The number of benzene rings is 1. The minimum Gasteiger partial charge on any atom is -0.330 e. The molecule has 0 aliphatic carbocycles. The SMILES string of the molecule is O=C(Nc1cccc(-c2nnc3n2CCCCC3)c1)C1=CN2CCS(=O)(=O)N=C2C=C1. The van der Waals surface area contributed by atoms with Gasteiger partial charge in [-0.25, -0.2) is 8.42 Å². The Hall–Kier alpha value is -3.27. The first-order valence-corrected chi connectivity index (χ1v) is 11.9. The summed E-state index contributed by atoms with van der Waals surface area (Å²) < 4.78 is 29.2. The van der Waals surface area contributed by atoms with Gasteiger partial charge in [0.1, 0.15) is 11.7 Å². The van der Waals surface area contributed by atoms with E-state index in [1.807, 2.05) is 24.3 Å². The van der Waals surface area contributed by atoms with E-state index >= 15 is 0 Å². The van der Waals surface area contributed by atoms with Crippen LogP contribution in [0, 0.1) is 0 Å². The van der Waals surface area contributed by atoms with E-state index in [2.05, 4.69) is 24.5 Å². The topological polar surface area (TPSA) is 110 Å². The lowest BCUT2D eigenvalue weighted by molar-refractivity contribution is -0.112. The Balaban J connectivity index is 1.35. The molecule has 160 valence electrons. The lowest BCUT2D eigenvalue weighted by Gasteiger charge is -2.26. The highest BCUT2D eigenvalue weighted by molar-refractivity contribution is 7.90. The number of amidine groups is 1. The summed E-state index contributed by atoms with van der Waals surface area (Å²) >= 11 is 0. The third-order valence-corrected chi connectivity index (χ3v) is 6.74. The van der Waals surface area contributed by atoms with Crippen molar-refractivity contribution in [3.05, 3.63) is 54.0 Å². The van der Waals surface area contributed by atoms with Gasteiger partial charge in [0.25, 0.3) is 15.9 Å². The fourth-order valence-electron chi connectivity index (χ4n) is 3.97. The van der Waals surface area contributed by atoms with Crippen LogP contribution in [0.15, 0.2) is 52.6 Å². The van der Waals surface area contributed by atoms with E-state index in [1.54, 1.807) is 23.3 Å². The van der Waals surface area contributed by atoms with Crippen LogP contribution in [0.3, 0.4) is 0 Å². The predicted octanol–water partition coefficient (Wildman–Crippen LogP) is 2.11. The van der Waals surface area contributed by atoms with Crippen LogP contribution in [0.2, 0.25) is 0 Å². The quantitative estimate of drug-likeness (QED) is 0.786. The summed E-state index contributed by atoms with van der Waals surface area (Å²) in [6.07, 6.45) is 9.13. The molecule has 3 aliphatic rings. The molecule has 1 aromatic carbocycles. The normalized spacial score (nSPS) is 19.5. The van der Waals surface area contributed by atoms with E-state index in [9.17, 15) is 13.2 Å². The van der Waals surface area contributed by atoms with Gasteiger partial charge in [-0.15, -0.1) is 14.6 Å². The van der Waals surface area contributed by atoms with Crippen LogP contribution in [0.5, 0.6) is 0 Å². The number of hydrogen-bond donors (Lipinski definition) is 1. The summed E-state index contributed by atoms with van der Waals surface area (Å²) in [4.78, 5) is 14.5. The number of carbonyl (C=O) groups excluding carboxylic acids is 1. The van der Waals surface area contributed by atoms with Crippen molar-refractivity contribution in [1.82, 2.24) is 19.7 Å². The van der Waals surface area contributed by atoms with Crippen LogP contribution in [0.25, 0.3) is 11.4 Å². The Morgan fingerprint density at radius 1 is 1.06 bits per heavy atom. The molecule has 0 saturated carbocycles. The van der Waals surface area contributed by atoms with Crippen molar-refractivity contribution in [2.75, 3.05) is 17.6 Å². The van der Waals surface area contributed by atoms with Gasteiger partial charge < -0.3 is 14.8 Å². The fraction of sp³-hybridized carbons (Fsp3) is 0.333. The molecule has 0 radical (unpaired) electrons. The summed E-state index contributed by atoms with van der Waals surface area (Å²) in [5.74, 6) is 1.82. The third kappa shape index (κ3) is 4.02. The maximum Gasteiger partial charge on any atom is 0.257 e. The molecule has 0 bridgehead atoms. The zero-order valence-electron chi connectivity index (χ0n) is 16.9. The number of aryl methyl sites for hydroxylation is 1. The molecule has 4 heterocycles. The average Bonchev–Trinajstić information content (AvgIpc) is 3.01. The molecule has 31 heavy (non-hydrogen) atoms. The summed E-state index contributed by atoms with van der Waals surface area (Å²) in [5, 5.41) is 11.7. The minimum absolute atomic E-state index is 0.0690. The smallest absolute Gasteiger partial charge is 0.257 e. The largest absolute Gasteiger partial charge is 0.330 e. The molecule has 9 nitrogen and oxygen atoms in total. The molecule has 1 amide bonds. The minimum atomic E-state index is -3.42. The van der Waals surface area contributed by atoms with E-state index in [0.717, 1.165) is 43.0 Å². The molecule has 0 atom stereocenters. The van der Waals surface area contributed by atoms with E-state index < -0.39 is 10.0 Å². The molecule has 5 rings (SSSR count). The molecule has 0 spiro atoms. The van der Waals surface area contributed by atoms with Crippen molar-refractivity contribution < 1.29 is 13.2 Å². The maximum absolute atomic E-state index is 12.8. The Morgan fingerprint density at radius 2 is 1.97 bits per heavy atom. The summed E-state index contributed by atoms with van der Waals surface area (Å²) in [6, 6.07) is 7.57. The second-order valence-corrected chi connectivity index (χ2v) is 9.54. The van der Waals surface area contributed by atoms with E-state index in [0.29, 0.717) is 17.1 Å². The number of rotatable bonds is 3. The molecule has 10 heteroatoms. The summed E-state index contributed by atoms with van der Waals surface area (Å²) in [5.41, 5.74) is 1.99. The van der Waals surface area contributed by atoms with Crippen molar-refractivity contribution >= 4 is 27.5 Å². The molecular formula is C21H22N6O3S. The Labute approximate surface area is 180 Å². The highest BCUT2D eigenvalue weighted by Gasteiger charge is 2.25. The second-order valence-electron chi connectivity index (χ2n) is 7.78. The number of fused-ring (bicyclic) bond motifs is 2. The first-order chi connectivity index (χ1) is 15.0. The van der Waals surface area contributed by atoms with Crippen molar-refractivity contribution in [2.45, 2.75) is 32.2 Å². The maximum atomic E-state index is 12.8. The Bertz CT molecular complexity index is 1240. The monoisotopic (exact) mass is 438 g/mol. The molecule has 0 unspecified atom stereocenters. The van der Waals surface area contributed by atoms with Gasteiger partial charge in [-0.1, -0.05) is 18.6 Å². The number of aromatic nitrogens is 3. The van der Waals surface area contributed by atoms with E-state index in [4.69, 9.17) is 0 Å². The lowest BCUT2D eigenvalue weighted by atomic mass is 10.1. The van der Waals surface area contributed by atoms with Crippen LogP contribution in [0.4, 0.5) is 5.69 Å². The Kier molecular flexibility index (Phi) is 4.93. The summed E-state index contributed by atoms with van der Waals surface area (Å²) in [6.45, 7) is 1.18. The average molecular weight is 439 g/mol. The number of carbonyl (C=O) groups is 1. The van der Waals surface area contributed by atoms with Gasteiger partial charge in [-0.3, -0.25) is 4.79 Å². The number of nitrogens with zero attached hydrogens (tertiary/aromatic N) is 5. The van der Waals surface area contributed by atoms with Gasteiger partial charge in [-0.05, 0) is 37.1 Å². The Morgan fingerprint density at radius 3 is 2.87 bits per heavy atom. The molecule has 2 aromatic rings. The van der Waals surface area contributed by atoms with E-state index in [-0.39, 0.29) is 18.2 Å². The predicted molar refractivity (Wildman–Crippen MR) is 117 cm³/mol. The first kappa shape index (κ1) is 19.7. The van der Waals surface area contributed by atoms with Crippen LogP contribution >= 0.6 is 0 Å². The lowest BCUT2D eigenvalue weighted by Crippen LogP contribution is -2.37. The highest BCUT2D eigenvalue weighted by atomic mass is 32.2. The third-order valence-electron chi connectivity index (χ3n) is 5.57. The number of anilines is 1. The molecule has 0 fully saturated rings. The van der Waals surface area contributed by atoms with Crippen molar-refractivity contribution in [3.63, 3.8) is 0 Å². The first-order valence-electron chi connectivity index (χ1n) is 10.3. The number of nitrogens with one attached hydrogen (secondary N) is 1. The van der Waals surface area contributed by atoms with Crippen LogP contribution < -0.4 is 5.32 Å². The van der Waals surface area contributed by atoms with Crippen molar-refractivity contribution in [2.24, 2.45) is 4.40 Å². The fourth-order valence-corrected chi connectivity index (χ4v) is 4.94. The van der Waals surface area contributed by atoms with Gasteiger partial charge in [0.05, 0.1) is 11.3 Å². The van der Waals surface area contributed by atoms with E-state index in [1.165, 1.54) is 6.42 Å². The van der Waals surface area contributed by atoms with Crippen molar-refractivity contribution in [1.29, 1.82) is 0 Å². The van der Waals surface area contributed by atoms with Crippen LogP contribution in [-0.4, -0.2) is 52.1 Å². The van der Waals surface area contributed by atoms with Gasteiger partial charge >= 0.3 is 0 Å². The van der Waals surface area contributed by atoms with Gasteiger partial charge in [0.15, 0.2) is 5.82 Å². The molecule has 1 N–H and O–H groups in total. The van der Waals surface area contributed by atoms with Crippen LogP contribution in [0.1, 0.15) is 25.1 Å². The zero-order chi connectivity index (χ0) is 21.4. The van der Waals surface area contributed by atoms with Gasteiger partial charge in [-0.2, -0.15) is 0 Å². The second kappa shape index (κ2) is 7.77. The molecular weight excluding hydrogens is 416 g/mol. The van der Waals surface area contributed by atoms with Gasteiger partial charge in [0.2, 0.25) is 0 Å². The summed E-state index contributed by atoms with van der Waals surface area (Å²) in [7, 11) is -3.42. The molecule has 1 aromatic heterocycles. The van der Waals surface area contributed by atoms with Crippen LogP contribution in [-0.2, 0) is 27.8 Å². The zero-order valence-corrected chi connectivity index (χ0v) is 17.7. The van der Waals surface area contributed by atoms with Gasteiger partial charge in [0, 0.05) is 37.0 Å².